The van der Waals surface area contributed by atoms with Crippen molar-refractivity contribution in [1.29, 1.82) is 0 Å². The molecule has 4 aromatic rings. The maximum absolute atomic E-state index is 12.6. The maximum Gasteiger partial charge on any atom is 0.345 e. The van der Waals surface area contributed by atoms with Gasteiger partial charge in [0.25, 0.3) is 0 Å². The molecule has 1 N–H and O–H groups in total. The molecule has 4 rings (SSSR count). The minimum Gasteiger partial charge on any atom is -0.497 e. The zero-order chi connectivity index (χ0) is 24.4. The molecule has 0 aliphatic rings. The first-order chi connectivity index (χ1) is 16.3. The van der Waals surface area contributed by atoms with Crippen molar-refractivity contribution >= 4 is 43.9 Å². The molecule has 174 valence electrons. The van der Waals surface area contributed by atoms with Crippen LogP contribution in [0, 0.1) is 17.0 Å². The number of benzene rings is 2. The summed E-state index contributed by atoms with van der Waals surface area (Å²) < 4.78 is 16.9. The van der Waals surface area contributed by atoms with Gasteiger partial charge >= 0.3 is 5.00 Å². The van der Waals surface area contributed by atoms with E-state index in [1.165, 1.54) is 6.08 Å². The molecule has 0 spiro atoms. The van der Waals surface area contributed by atoms with E-state index >= 15 is 0 Å². The van der Waals surface area contributed by atoms with E-state index < -0.39 is 10.8 Å². The van der Waals surface area contributed by atoms with Crippen LogP contribution in [-0.4, -0.2) is 30.0 Å². The summed E-state index contributed by atoms with van der Waals surface area (Å²) in [5.74, 6) is 0.861. The summed E-state index contributed by atoms with van der Waals surface area (Å²) in [6.45, 7) is 3.68. The van der Waals surface area contributed by atoms with Crippen molar-refractivity contribution in [3.63, 3.8) is 0 Å². The second kappa shape index (κ2) is 9.36. The second-order valence-electron chi connectivity index (χ2n) is 7.42. The van der Waals surface area contributed by atoms with Gasteiger partial charge in [-0.1, -0.05) is 12.1 Å². The van der Waals surface area contributed by atoms with Gasteiger partial charge < -0.3 is 13.9 Å². The number of carbonyl (C=O) groups is 1. The molecule has 34 heavy (non-hydrogen) atoms. The number of methoxy groups -OCH3 is 2. The van der Waals surface area contributed by atoms with Crippen LogP contribution in [0.3, 0.4) is 0 Å². The number of aryl methyl sites for hydroxylation is 1. The van der Waals surface area contributed by atoms with E-state index in [1.54, 1.807) is 27.4 Å². The smallest absolute Gasteiger partial charge is 0.345 e. The molecule has 0 unspecified atom stereocenters. The fourth-order valence-electron chi connectivity index (χ4n) is 3.71. The highest BCUT2D eigenvalue weighted by Crippen LogP contribution is 2.41. The number of carbonyl (C=O) groups excluding carboxylic acids is 1. The fourth-order valence-corrected chi connectivity index (χ4v) is 4.34. The summed E-state index contributed by atoms with van der Waals surface area (Å²) in [7, 11) is 3.18. The fraction of sp³-hybridized carbons (Fsp3) is 0.167. The third-order valence-electron chi connectivity index (χ3n) is 5.30. The Labute approximate surface area is 198 Å². The molecule has 2 aromatic carbocycles. The van der Waals surface area contributed by atoms with Crippen LogP contribution in [0.2, 0.25) is 0 Å². The zero-order valence-corrected chi connectivity index (χ0v) is 19.7. The summed E-state index contributed by atoms with van der Waals surface area (Å²) in [6, 6.07) is 9.59. The average Bonchev–Trinajstić information content (AvgIpc) is 3.46. The van der Waals surface area contributed by atoms with Crippen LogP contribution in [-0.2, 0) is 4.79 Å². The lowest BCUT2D eigenvalue weighted by Gasteiger charge is -2.13. The van der Waals surface area contributed by atoms with Crippen LogP contribution in [0.15, 0.2) is 53.3 Å². The molecule has 10 heteroatoms. The second-order valence-corrected chi connectivity index (χ2v) is 8.43. The number of thiazole rings is 1. The van der Waals surface area contributed by atoms with E-state index in [2.05, 4.69) is 10.3 Å². The van der Waals surface area contributed by atoms with Crippen LogP contribution in [0.1, 0.15) is 18.1 Å². The van der Waals surface area contributed by atoms with E-state index in [9.17, 15) is 14.9 Å². The minimum atomic E-state index is -0.553. The Bertz CT molecular complexity index is 1440. The number of allylic oxidation sites excluding steroid dienone is 1. The number of hydrogen-bond donors (Lipinski definition) is 1. The topological polar surface area (TPSA) is 117 Å². The van der Waals surface area contributed by atoms with Gasteiger partial charge in [-0.3, -0.25) is 20.2 Å². The predicted octanol–water partition coefficient (Wildman–Crippen LogP) is 5.83. The van der Waals surface area contributed by atoms with Gasteiger partial charge in [0.05, 0.1) is 25.4 Å². The van der Waals surface area contributed by atoms with Gasteiger partial charge in [-0.15, -0.1) is 0 Å². The number of amides is 1. The summed E-state index contributed by atoms with van der Waals surface area (Å²) in [6.07, 6.45) is 4.20. The molecule has 9 nitrogen and oxygen atoms in total. The van der Waals surface area contributed by atoms with Crippen molar-refractivity contribution in [2.24, 2.45) is 0 Å². The quantitative estimate of drug-likeness (QED) is 0.201. The van der Waals surface area contributed by atoms with E-state index in [1.807, 2.05) is 37.3 Å². The normalized spacial score (nSPS) is 11.5. The van der Waals surface area contributed by atoms with E-state index in [0.717, 1.165) is 50.9 Å². The first-order valence-electron chi connectivity index (χ1n) is 10.2. The molecule has 0 bridgehead atoms. The van der Waals surface area contributed by atoms with Crippen molar-refractivity contribution in [3.8, 4) is 22.6 Å². The van der Waals surface area contributed by atoms with E-state index in [-0.39, 0.29) is 10.1 Å². The SMILES string of the molecule is COc1cccc(-c2coc3c(C)c(OC)c(/C(C)=C/C(=O)Nc4ncc([N+](=O)[O-])s4)cc23)c1. The number of rotatable bonds is 7. The number of nitro groups is 1. The number of aromatic nitrogens is 1. The molecule has 0 radical (unpaired) electrons. The van der Waals surface area contributed by atoms with Crippen LogP contribution < -0.4 is 14.8 Å². The molecule has 0 aliphatic heterocycles. The Kier molecular flexibility index (Phi) is 6.33. The van der Waals surface area contributed by atoms with Gasteiger partial charge in [0.2, 0.25) is 5.91 Å². The number of anilines is 1. The van der Waals surface area contributed by atoms with Gasteiger partial charge in [-0.25, -0.2) is 4.98 Å². The molecule has 2 heterocycles. The maximum atomic E-state index is 12.6. The third-order valence-corrected chi connectivity index (χ3v) is 6.17. The van der Waals surface area contributed by atoms with Crippen LogP contribution in [0.5, 0.6) is 11.5 Å². The Morgan fingerprint density at radius 3 is 2.74 bits per heavy atom. The van der Waals surface area contributed by atoms with Gasteiger partial charge in [-0.05, 0) is 54.5 Å². The molecular formula is C24H21N3O6S. The molecule has 1 amide bonds. The van der Waals surface area contributed by atoms with Gasteiger partial charge in [0.15, 0.2) is 5.13 Å². The van der Waals surface area contributed by atoms with Crippen LogP contribution in [0.25, 0.3) is 27.7 Å². The molecule has 0 saturated carbocycles. The number of nitrogens with one attached hydrogen (secondary N) is 1. The van der Waals surface area contributed by atoms with Crippen molar-refractivity contribution in [1.82, 2.24) is 4.98 Å². The van der Waals surface area contributed by atoms with Crippen LogP contribution >= 0.6 is 11.3 Å². The molecule has 0 atom stereocenters. The summed E-state index contributed by atoms with van der Waals surface area (Å²) in [5, 5.41) is 14.3. The Morgan fingerprint density at radius 1 is 1.26 bits per heavy atom. The standard InChI is InChI=1S/C24H21N3O6S/c1-13(8-20(28)26-24-25-11-21(34-24)27(29)30)17-10-18-19(15-6-5-7-16(9-15)31-3)12-33-23(18)14(2)22(17)32-4/h5-12H,1-4H3,(H,25,26,28)/b13-8+. The highest BCUT2D eigenvalue weighted by atomic mass is 32.1. The van der Waals surface area contributed by atoms with E-state index in [4.69, 9.17) is 13.9 Å². The minimum absolute atomic E-state index is 0.148. The molecule has 0 aliphatic carbocycles. The average molecular weight is 480 g/mol. The van der Waals surface area contributed by atoms with Crippen molar-refractivity contribution < 1.29 is 23.6 Å². The Morgan fingerprint density at radius 2 is 2.06 bits per heavy atom. The Balaban J connectivity index is 1.74. The molecule has 0 saturated heterocycles. The highest BCUT2D eigenvalue weighted by Gasteiger charge is 2.19. The first kappa shape index (κ1) is 23.0. The summed E-state index contributed by atoms with van der Waals surface area (Å²) in [4.78, 5) is 26.7. The Hall–Kier alpha value is -4.18. The number of fused-ring (bicyclic) bond motifs is 1. The van der Waals surface area contributed by atoms with Gasteiger partial charge in [0.1, 0.15) is 23.3 Å². The zero-order valence-electron chi connectivity index (χ0n) is 18.9. The predicted molar refractivity (Wildman–Crippen MR) is 131 cm³/mol. The number of furan rings is 1. The summed E-state index contributed by atoms with van der Waals surface area (Å²) in [5.41, 5.74) is 4.66. The van der Waals surface area contributed by atoms with Crippen molar-refractivity contribution in [3.05, 3.63) is 70.1 Å². The highest BCUT2D eigenvalue weighted by molar-refractivity contribution is 7.18. The van der Waals surface area contributed by atoms with E-state index in [0.29, 0.717) is 16.9 Å². The first-order valence-corrected chi connectivity index (χ1v) is 11.0. The van der Waals surface area contributed by atoms with Crippen molar-refractivity contribution in [2.75, 3.05) is 19.5 Å². The number of nitrogens with zero attached hydrogens (tertiary/aromatic N) is 2. The largest absolute Gasteiger partial charge is 0.497 e. The lowest BCUT2D eigenvalue weighted by Crippen LogP contribution is -2.08. The number of ether oxygens (including phenoxy) is 2. The van der Waals surface area contributed by atoms with Gasteiger partial charge in [-0.2, -0.15) is 0 Å². The number of hydrogen-bond acceptors (Lipinski definition) is 8. The monoisotopic (exact) mass is 479 g/mol. The lowest BCUT2D eigenvalue weighted by atomic mass is 9.96. The van der Waals surface area contributed by atoms with Crippen molar-refractivity contribution in [2.45, 2.75) is 13.8 Å². The van der Waals surface area contributed by atoms with Gasteiger partial charge in [0, 0.05) is 28.2 Å². The molecule has 0 fully saturated rings. The third kappa shape index (κ3) is 4.35. The van der Waals surface area contributed by atoms with Crippen LogP contribution in [0.4, 0.5) is 10.1 Å². The molecule has 2 aromatic heterocycles. The lowest BCUT2D eigenvalue weighted by molar-refractivity contribution is -0.380. The summed E-state index contributed by atoms with van der Waals surface area (Å²) >= 11 is 0.789. The molecular weight excluding hydrogens is 458 g/mol.